The molecule has 0 saturated carbocycles. The number of pyridine rings is 1. The SMILES string of the molecule is Cc1cc(C)c2[nH]c(=O)c(CCC(=O)Nc3ccc4c(c3)OCCO4)cc2c1. The molecule has 0 unspecified atom stereocenters. The van der Waals surface area contributed by atoms with E-state index >= 15 is 0 Å². The molecule has 0 fully saturated rings. The molecule has 0 aliphatic carbocycles. The van der Waals surface area contributed by atoms with Crippen molar-refractivity contribution in [1.29, 1.82) is 0 Å². The van der Waals surface area contributed by atoms with E-state index in [9.17, 15) is 9.59 Å². The molecule has 2 N–H and O–H groups in total. The zero-order chi connectivity index (χ0) is 19.7. The van der Waals surface area contributed by atoms with E-state index in [0.717, 1.165) is 22.0 Å². The van der Waals surface area contributed by atoms with E-state index in [0.29, 0.717) is 42.4 Å². The van der Waals surface area contributed by atoms with Crippen molar-refractivity contribution in [3.05, 3.63) is 63.4 Å². The number of anilines is 1. The number of aryl methyl sites for hydroxylation is 3. The van der Waals surface area contributed by atoms with Crippen molar-refractivity contribution in [3.63, 3.8) is 0 Å². The second-order valence-corrected chi connectivity index (χ2v) is 7.08. The zero-order valence-corrected chi connectivity index (χ0v) is 15.9. The lowest BCUT2D eigenvalue weighted by molar-refractivity contribution is -0.116. The third-order valence-electron chi connectivity index (χ3n) is 4.82. The molecular weight excluding hydrogens is 356 g/mol. The Labute approximate surface area is 162 Å². The van der Waals surface area contributed by atoms with Gasteiger partial charge in [0.2, 0.25) is 5.91 Å². The molecule has 144 valence electrons. The molecule has 1 amide bonds. The Morgan fingerprint density at radius 3 is 2.68 bits per heavy atom. The Hall–Kier alpha value is -3.28. The van der Waals surface area contributed by atoms with Crippen LogP contribution >= 0.6 is 0 Å². The molecule has 3 aromatic rings. The second-order valence-electron chi connectivity index (χ2n) is 7.08. The monoisotopic (exact) mass is 378 g/mol. The van der Waals surface area contributed by atoms with Crippen molar-refractivity contribution in [2.75, 3.05) is 18.5 Å². The molecular formula is C22H22N2O4. The first kappa shape index (κ1) is 18.1. The summed E-state index contributed by atoms with van der Waals surface area (Å²) in [5.41, 5.74) is 4.13. The van der Waals surface area contributed by atoms with Crippen LogP contribution in [-0.2, 0) is 11.2 Å². The minimum Gasteiger partial charge on any atom is -0.486 e. The maximum absolute atomic E-state index is 12.4. The van der Waals surface area contributed by atoms with Gasteiger partial charge in [-0.2, -0.15) is 0 Å². The molecule has 1 aliphatic heterocycles. The number of hydrogen-bond donors (Lipinski definition) is 2. The van der Waals surface area contributed by atoms with Crippen LogP contribution in [0.5, 0.6) is 11.5 Å². The van der Waals surface area contributed by atoms with Gasteiger partial charge in [0.1, 0.15) is 13.2 Å². The number of amides is 1. The first-order valence-corrected chi connectivity index (χ1v) is 9.32. The van der Waals surface area contributed by atoms with Crippen LogP contribution in [0.25, 0.3) is 10.9 Å². The van der Waals surface area contributed by atoms with Crippen LogP contribution in [0.2, 0.25) is 0 Å². The molecule has 1 aromatic heterocycles. The zero-order valence-electron chi connectivity index (χ0n) is 15.9. The van der Waals surface area contributed by atoms with E-state index in [2.05, 4.69) is 10.3 Å². The molecule has 0 radical (unpaired) electrons. The highest BCUT2D eigenvalue weighted by atomic mass is 16.6. The lowest BCUT2D eigenvalue weighted by Gasteiger charge is -2.19. The van der Waals surface area contributed by atoms with Gasteiger partial charge < -0.3 is 19.8 Å². The molecule has 28 heavy (non-hydrogen) atoms. The summed E-state index contributed by atoms with van der Waals surface area (Å²) in [4.78, 5) is 27.7. The Morgan fingerprint density at radius 2 is 1.86 bits per heavy atom. The standard InChI is InChI=1S/C22H22N2O4/c1-13-9-14(2)21-16(10-13)11-15(22(26)24-21)3-6-20(25)23-17-4-5-18-19(12-17)28-8-7-27-18/h4-5,9-12H,3,6-8H2,1-2H3,(H,23,25)(H,24,26). The van der Waals surface area contributed by atoms with Gasteiger partial charge in [-0.3, -0.25) is 9.59 Å². The van der Waals surface area contributed by atoms with Gasteiger partial charge in [0.25, 0.3) is 5.56 Å². The van der Waals surface area contributed by atoms with Crippen molar-refractivity contribution in [1.82, 2.24) is 4.98 Å². The van der Waals surface area contributed by atoms with Gasteiger partial charge in [0.15, 0.2) is 11.5 Å². The molecule has 0 atom stereocenters. The minimum absolute atomic E-state index is 0.147. The summed E-state index contributed by atoms with van der Waals surface area (Å²) in [5, 5.41) is 3.84. The molecule has 4 rings (SSSR count). The van der Waals surface area contributed by atoms with Crippen LogP contribution in [0.3, 0.4) is 0 Å². The first-order chi connectivity index (χ1) is 13.5. The maximum atomic E-state index is 12.4. The van der Waals surface area contributed by atoms with Gasteiger partial charge >= 0.3 is 0 Å². The molecule has 0 saturated heterocycles. The third kappa shape index (κ3) is 3.71. The van der Waals surface area contributed by atoms with E-state index in [1.54, 1.807) is 18.2 Å². The quantitative estimate of drug-likeness (QED) is 0.728. The Kier molecular flexibility index (Phi) is 4.77. The van der Waals surface area contributed by atoms with Gasteiger partial charge in [0.05, 0.1) is 5.52 Å². The molecule has 1 aliphatic rings. The average Bonchev–Trinajstić information content (AvgIpc) is 2.67. The van der Waals surface area contributed by atoms with Gasteiger partial charge in [0, 0.05) is 23.7 Å². The number of H-pyrrole nitrogens is 1. The van der Waals surface area contributed by atoms with E-state index < -0.39 is 0 Å². The highest BCUT2D eigenvalue weighted by Gasteiger charge is 2.13. The normalized spacial score (nSPS) is 12.8. The van der Waals surface area contributed by atoms with Crippen LogP contribution < -0.4 is 20.3 Å². The Balaban J connectivity index is 1.46. The topological polar surface area (TPSA) is 80.4 Å². The lowest BCUT2D eigenvalue weighted by Crippen LogP contribution is -2.18. The minimum atomic E-state index is -0.156. The summed E-state index contributed by atoms with van der Waals surface area (Å²) in [6.45, 7) is 5.02. The summed E-state index contributed by atoms with van der Waals surface area (Å²) in [7, 11) is 0. The van der Waals surface area contributed by atoms with Gasteiger partial charge in [-0.25, -0.2) is 0 Å². The van der Waals surface area contributed by atoms with Crippen molar-refractivity contribution in [3.8, 4) is 11.5 Å². The summed E-state index contributed by atoms with van der Waals surface area (Å²) < 4.78 is 11.0. The fourth-order valence-corrected chi connectivity index (χ4v) is 3.51. The van der Waals surface area contributed by atoms with Crippen LogP contribution in [0.1, 0.15) is 23.1 Å². The highest BCUT2D eigenvalue weighted by Crippen LogP contribution is 2.32. The van der Waals surface area contributed by atoms with Gasteiger partial charge in [-0.05, 0) is 55.5 Å². The molecule has 2 aromatic carbocycles. The van der Waals surface area contributed by atoms with Crippen molar-refractivity contribution >= 4 is 22.5 Å². The number of aromatic nitrogens is 1. The molecule has 6 nitrogen and oxygen atoms in total. The summed E-state index contributed by atoms with van der Waals surface area (Å²) in [6, 6.07) is 11.3. The molecule has 2 heterocycles. The number of aromatic amines is 1. The number of carbonyl (C=O) groups is 1. The fourth-order valence-electron chi connectivity index (χ4n) is 3.51. The van der Waals surface area contributed by atoms with Crippen molar-refractivity contribution in [2.24, 2.45) is 0 Å². The molecule has 6 heteroatoms. The third-order valence-corrected chi connectivity index (χ3v) is 4.82. The van der Waals surface area contributed by atoms with E-state index in [1.807, 2.05) is 32.0 Å². The van der Waals surface area contributed by atoms with Crippen LogP contribution in [0.4, 0.5) is 5.69 Å². The first-order valence-electron chi connectivity index (χ1n) is 9.32. The predicted molar refractivity (Wildman–Crippen MR) is 108 cm³/mol. The van der Waals surface area contributed by atoms with Crippen molar-refractivity contribution < 1.29 is 14.3 Å². The van der Waals surface area contributed by atoms with E-state index in [-0.39, 0.29) is 17.9 Å². The maximum Gasteiger partial charge on any atom is 0.251 e. The number of hydrogen-bond acceptors (Lipinski definition) is 4. The summed E-state index contributed by atoms with van der Waals surface area (Å²) in [5.74, 6) is 1.15. The Morgan fingerprint density at radius 1 is 1.07 bits per heavy atom. The largest absolute Gasteiger partial charge is 0.486 e. The smallest absolute Gasteiger partial charge is 0.251 e. The highest BCUT2D eigenvalue weighted by molar-refractivity contribution is 5.91. The van der Waals surface area contributed by atoms with Crippen LogP contribution in [0, 0.1) is 13.8 Å². The second kappa shape index (κ2) is 7.38. The van der Waals surface area contributed by atoms with Crippen molar-refractivity contribution in [2.45, 2.75) is 26.7 Å². The number of ether oxygens (including phenoxy) is 2. The Bertz CT molecular complexity index is 1120. The fraction of sp³-hybridized carbons (Fsp3) is 0.273. The van der Waals surface area contributed by atoms with E-state index in [4.69, 9.17) is 9.47 Å². The summed E-state index contributed by atoms with van der Waals surface area (Å²) in [6.07, 6.45) is 0.586. The number of carbonyl (C=O) groups excluding carboxylic acids is 1. The van der Waals surface area contributed by atoms with E-state index in [1.165, 1.54) is 0 Å². The van der Waals surface area contributed by atoms with Crippen LogP contribution in [-0.4, -0.2) is 24.1 Å². The van der Waals surface area contributed by atoms with Gasteiger partial charge in [-0.15, -0.1) is 0 Å². The average molecular weight is 378 g/mol. The number of nitrogens with one attached hydrogen (secondary N) is 2. The lowest BCUT2D eigenvalue weighted by atomic mass is 10.0. The number of fused-ring (bicyclic) bond motifs is 2. The molecule has 0 spiro atoms. The number of benzene rings is 2. The van der Waals surface area contributed by atoms with Crippen LogP contribution in [0.15, 0.2) is 41.2 Å². The molecule has 0 bridgehead atoms. The number of rotatable bonds is 4. The predicted octanol–water partition coefficient (Wildman–Crippen LogP) is 3.49. The van der Waals surface area contributed by atoms with Gasteiger partial charge in [-0.1, -0.05) is 11.6 Å². The summed E-state index contributed by atoms with van der Waals surface area (Å²) >= 11 is 0.